The quantitative estimate of drug-likeness (QED) is 0.681. The lowest BCUT2D eigenvalue weighted by molar-refractivity contribution is -0.122. The third-order valence-electron chi connectivity index (χ3n) is 4.83. The average Bonchev–Trinajstić information content (AvgIpc) is 3.20. The normalized spacial score (nSPS) is 21.0. The van der Waals surface area contributed by atoms with Gasteiger partial charge in [-0.1, -0.05) is 15.9 Å². The van der Waals surface area contributed by atoms with Crippen LogP contribution in [-0.2, 0) is 14.4 Å². The second kappa shape index (κ2) is 6.87. The van der Waals surface area contributed by atoms with Crippen LogP contribution in [0.25, 0.3) is 0 Å². The van der Waals surface area contributed by atoms with Crippen molar-refractivity contribution in [3.8, 4) is 5.75 Å². The Morgan fingerprint density at radius 3 is 2.18 bits per heavy atom. The van der Waals surface area contributed by atoms with Crippen LogP contribution < -0.4 is 14.6 Å². The number of benzene rings is 2. The Kier molecular flexibility index (Phi) is 4.50. The summed E-state index contributed by atoms with van der Waals surface area (Å²) in [4.78, 5) is 39.6. The van der Waals surface area contributed by atoms with Gasteiger partial charge in [-0.3, -0.25) is 19.4 Å². The zero-order valence-corrected chi connectivity index (χ0v) is 16.7. The van der Waals surface area contributed by atoms with Crippen LogP contribution in [0.1, 0.15) is 6.92 Å². The van der Waals surface area contributed by atoms with Gasteiger partial charge in [0.1, 0.15) is 23.4 Å². The van der Waals surface area contributed by atoms with E-state index in [1.54, 1.807) is 55.6 Å². The summed E-state index contributed by atoms with van der Waals surface area (Å²) in [7, 11) is 1.56. The molecule has 2 aromatic carbocycles. The van der Waals surface area contributed by atoms with Gasteiger partial charge in [0.15, 0.2) is 5.78 Å². The number of hydrogen-bond donors (Lipinski definition) is 0. The molecule has 4 rings (SSSR count). The maximum absolute atomic E-state index is 13.2. The van der Waals surface area contributed by atoms with Gasteiger partial charge < -0.3 is 4.74 Å². The number of ether oxygens (including phenoxy) is 1. The van der Waals surface area contributed by atoms with Crippen molar-refractivity contribution in [3.05, 3.63) is 53.0 Å². The second-order valence-electron chi connectivity index (χ2n) is 6.49. The highest BCUT2D eigenvalue weighted by atomic mass is 79.9. The van der Waals surface area contributed by atoms with Gasteiger partial charge in [-0.05, 0) is 48.5 Å². The molecular weight excluding hydrogens is 426 g/mol. The van der Waals surface area contributed by atoms with E-state index in [4.69, 9.17) is 4.74 Å². The fourth-order valence-corrected chi connectivity index (χ4v) is 3.76. The smallest absolute Gasteiger partial charge is 0.259 e. The second-order valence-corrected chi connectivity index (χ2v) is 7.41. The number of carbonyl (C=O) groups excluding carboxylic acids is 3. The number of methoxy groups -OCH3 is 1. The molecule has 2 amide bonds. The van der Waals surface area contributed by atoms with Gasteiger partial charge in [-0.15, -0.1) is 0 Å². The number of nitrogens with zero attached hydrogens (tertiary/aromatic N) is 3. The standard InChI is InChI=1S/C20H16BrN3O4/c1-11(25)17-16-18(24(22-17)14-7-9-15(28-2)10-8-14)20(27)23(19(16)26)13-5-3-12(21)4-6-13/h3-10,16,18H,1-2H3/t16-,18-/m1/s1. The maximum atomic E-state index is 13.2. The number of fused-ring (bicyclic) bond motifs is 1. The van der Waals surface area contributed by atoms with Crippen molar-refractivity contribution in [3.63, 3.8) is 0 Å². The first-order chi connectivity index (χ1) is 13.4. The number of rotatable bonds is 4. The van der Waals surface area contributed by atoms with E-state index in [1.807, 2.05) is 0 Å². The predicted octanol–water partition coefficient (Wildman–Crippen LogP) is 2.78. The SMILES string of the molecule is COc1ccc(N2N=C(C(C)=O)[C@H]3C(=O)N(c4ccc(Br)cc4)C(=O)[C@@H]32)cc1. The summed E-state index contributed by atoms with van der Waals surface area (Å²) in [5.74, 6) is -1.45. The maximum Gasteiger partial charge on any atom is 0.259 e. The Hall–Kier alpha value is -3.00. The zero-order valence-electron chi connectivity index (χ0n) is 15.1. The molecule has 8 heteroatoms. The van der Waals surface area contributed by atoms with E-state index in [0.717, 1.165) is 9.37 Å². The Balaban J connectivity index is 1.77. The Morgan fingerprint density at radius 1 is 1.00 bits per heavy atom. The van der Waals surface area contributed by atoms with Gasteiger partial charge in [0.25, 0.3) is 5.91 Å². The van der Waals surface area contributed by atoms with E-state index in [2.05, 4.69) is 21.0 Å². The molecule has 0 saturated carbocycles. The predicted molar refractivity (Wildman–Crippen MR) is 108 cm³/mol. The fourth-order valence-electron chi connectivity index (χ4n) is 3.50. The van der Waals surface area contributed by atoms with Crippen LogP contribution in [0, 0.1) is 5.92 Å². The molecule has 0 aliphatic carbocycles. The number of carbonyl (C=O) groups is 3. The highest BCUT2D eigenvalue weighted by Crippen LogP contribution is 2.38. The van der Waals surface area contributed by atoms with Crippen molar-refractivity contribution in [2.45, 2.75) is 13.0 Å². The molecule has 0 radical (unpaired) electrons. The lowest BCUT2D eigenvalue weighted by Crippen LogP contribution is -2.39. The Labute approximate surface area is 169 Å². The molecule has 2 heterocycles. The number of ketones is 1. The van der Waals surface area contributed by atoms with Gasteiger partial charge >= 0.3 is 0 Å². The third-order valence-corrected chi connectivity index (χ3v) is 5.36. The number of amides is 2. The molecular formula is C20H16BrN3O4. The summed E-state index contributed by atoms with van der Waals surface area (Å²) < 4.78 is 5.99. The summed E-state index contributed by atoms with van der Waals surface area (Å²) in [6.07, 6.45) is 0. The summed E-state index contributed by atoms with van der Waals surface area (Å²) in [6.45, 7) is 1.35. The first kappa shape index (κ1) is 18.4. The van der Waals surface area contributed by atoms with E-state index in [9.17, 15) is 14.4 Å². The van der Waals surface area contributed by atoms with Crippen molar-refractivity contribution >= 4 is 50.6 Å². The topological polar surface area (TPSA) is 79.3 Å². The first-order valence-corrected chi connectivity index (χ1v) is 9.38. The fraction of sp³-hybridized carbons (Fsp3) is 0.200. The minimum Gasteiger partial charge on any atom is -0.497 e. The molecule has 2 atom stereocenters. The number of Topliss-reactive ketones (excluding diaryl/α,β-unsaturated/α-hetero) is 1. The molecule has 2 aliphatic heterocycles. The van der Waals surface area contributed by atoms with Gasteiger partial charge in [0.2, 0.25) is 5.91 Å². The first-order valence-electron chi connectivity index (χ1n) is 8.58. The summed E-state index contributed by atoms with van der Waals surface area (Å²) in [5.41, 5.74) is 1.16. The van der Waals surface area contributed by atoms with Gasteiger partial charge in [0.05, 0.1) is 18.5 Å². The highest BCUT2D eigenvalue weighted by Gasteiger charge is 2.58. The van der Waals surface area contributed by atoms with Crippen molar-refractivity contribution in [1.29, 1.82) is 0 Å². The molecule has 0 spiro atoms. The van der Waals surface area contributed by atoms with Crippen LogP contribution in [-0.4, -0.2) is 36.5 Å². The minimum absolute atomic E-state index is 0.0961. The van der Waals surface area contributed by atoms with Crippen LogP contribution in [0.2, 0.25) is 0 Å². The number of anilines is 2. The van der Waals surface area contributed by atoms with E-state index < -0.39 is 23.8 Å². The lowest BCUT2D eigenvalue weighted by atomic mass is 9.95. The van der Waals surface area contributed by atoms with E-state index >= 15 is 0 Å². The lowest BCUT2D eigenvalue weighted by Gasteiger charge is -2.22. The minimum atomic E-state index is -0.921. The molecule has 1 saturated heterocycles. The molecule has 2 aromatic rings. The van der Waals surface area contributed by atoms with Crippen LogP contribution >= 0.6 is 15.9 Å². The van der Waals surface area contributed by atoms with Crippen LogP contribution in [0.4, 0.5) is 11.4 Å². The molecule has 0 bridgehead atoms. The number of hydrazone groups is 1. The molecule has 1 fully saturated rings. The monoisotopic (exact) mass is 441 g/mol. The van der Waals surface area contributed by atoms with Crippen molar-refractivity contribution in [2.75, 3.05) is 17.0 Å². The molecule has 2 aliphatic rings. The van der Waals surface area contributed by atoms with Crippen LogP contribution in [0.3, 0.4) is 0 Å². The summed E-state index contributed by atoms with van der Waals surface area (Å²) in [6, 6.07) is 12.9. The molecule has 0 N–H and O–H groups in total. The molecule has 142 valence electrons. The number of halogens is 1. The Bertz CT molecular complexity index is 1000. The molecule has 0 aromatic heterocycles. The van der Waals surface area contributed by atoms with Gasteiger partial charge in [0, 0.05) is 11.4 Å². The summed E-state index contributed by atoms with van der Waals surface area (Å²) in [5, 5.41) is 5.78. The van der Waals surface area contributed by atoms with E-state index in [-0.39, 0.29) is 11.5 Å². The van der Waals surface area contributed by atoms with Crippen LogP contribution in [0.15, 0.2) is 58.1 Å². The zero-order chi connectivity index (χ0) is 20.0. The Morgan fingerprint density at radius 2 is 1.61 bits per heavy atom. The molecule has 7 nitrogen and oxygen atoms in total. The highest BCUT2D eigenvalue weighted by molar-refractivity contribution is 9.10. The number of hydrogen-bond acceptors (Lipinski definition) is 6. The van der Waals surface area contributed by atoms with Gasteiger partial charge in [-0.25, -0.2) is 4.90 Å². The van der Waals surface area contributed by atoms with Crippen molar-refractivity contribution < 1.29 is 19.1 Å². The van der Waals surface area contributed by atoms with Crippen LogP contribution in [0.5, 0.6) is 5.75 Å². The van der Waals surface area contributed by atoms with Gasteiger partial charge in [-0.2, -0.15) is 5.10 Å². The van der Waals surface area contributed by atoms with E-state index in [1.165, 1.54) is 11.9 Å². The number of imide groups is 1. The third kappa shape index (κ3) is 2.80. The largest absolute Gasteiger partial charge is 0.497 e. The van der Waals surface area contributed by atoms with E-state index in [0.29, 0.717) is 17.1 Å². The van der Waals surface area contributed by atoms with Crippen molar-refractivity contribution in [2.24, 2.45) is 11.0 Å². The van der Waals surface area contributed by atoms with Crippen molar-refractivity contribution in [1.82, 2.24) is 0 Å². The molecule has 28 heavy (non-hydrogen) atoms. The summed E-state index contributed by atoms with van der Waals surface area (Å²) >= 11 is 3.34. The average molecular weight is 442 g/mol. The molecule has 0 unspecified atom stereocenters.